The number of carbonyl (C=O) groups excluding carboxylic acids is 1. The Morgan fingerprint density at radius 2 is 1.84 bits per heavy atom. The molecule has 0 fully saturated rings. The van der Waals surface area contributed by atoms with Gasteiger partial charge in [0, 0.05) is 13.0 Å². The van der Waals surface area contributed by atoms with Gasteiger partial charge in [-0.2, -0.15) is 0 Å². The van der Waals surface area contributed by atoms with Crippen molar-refractivity contribution in [3.63, 3.8) is 0 Å². The summed E-state index contributed by atoms with van der Waals surface area (Å²) < 4.78 is 10.6. The second kappa shape index (κ2) is 6.12. The molecule has 4 rings (SSSR count). The van der Waals surface area contributed by atoms with E-state index in [0.29, 0.717) is 24.5 Å². The van der Waals surface area contributed by atoms with Crippen LogP contribution in [0.1, 0.15) is 16.7 Å². The Labute approximate surface area is 144 Å². The van der Waals surface area contributed by atoms with Crippen LogP contribution in [0, 0.1) is 0 Å². The van der Waals surface area contributed by atoms with Crippen molar-refractivity contribution < 1.29 is 24.2 Å². The highest BCUT2D eigenvalue weighted by Gasteiger charge is 2.34. The van der Waals surface area contributed by atoms with Gasteiger partial charge >= 0.3 is 5.97 Å². The molecular weight excluding hydrogens is 322 g/mol. The lowest BCUT2D eigenvalue weighted by Crippen LogP contribution is -2.49. The molecule has 0 bridgehead atoms. The van der Waals surface area contributed by atoms with Crippen LogP contribution in [0.4, 0.5) is 0 Å². The average molecular weight is 339 g/mol. The molecule has 2 heterocycles. The zero-order valence-corrected chi connectivity index (χ0v) is 13.5. The normalized spacial score (nSPS) is 17.9. The smallest absolute Gasteiger partial charge is 0.326 e. The van der Waals surface area contributed by atoms with Crippen molar-refractivity contribution in [1.82, 2.24) is 4.90 Å². The molecule has 0 aliphatic carbocycles. The van der Waals surface area contributed by atoms with Gasteiger partial charge in [0.1, 0.15) is 6.04 Å². The SMILES string of the molecule is O=C(O)C1Cc2ccccc2CN1C(=O)Cc1ccc2c(c1)OCO2. The van der Waals surface area contributed by atoms with E-state index in [1.54, 1.807) is 18.2 Å². The van der Waals surface area contributed by atoms with Gasteiger partial charge in [0.2, 0.25) is 12.7 Å². The molecule has 2 aromatic carbocycles. The summed E-state index contributed by atoms with van der Waals surface area (Å²) in [5.41, 5.74) is 2.76. The average Bonchev–Trinajstić information content (AvgIpc) is 3.08. The predicted molar refractivity (Wildman–Crippen MR) is 88.4 cm³/mol. The van der Waals surface area contributed by atoms with Crippen molar-refractivity contribution in [3.05, 3.63) is 59.2 Å². The number of nitrogens with zero attached hydrogens (tertiary/aromatic N) is 1. The van der Waals surface area contributed by atoms with Crippen LogP contribution >= 0.6 is 0 Å². The Morgan fingerprint density at radius 1 is 1.08 bits per heavy atom. The Kier molecular flexibility index (Phi) is 3.80. The maximum Gasteiger partial charge on any atom is 0.326 e. The lowest BCUT2D eigenvalue weighted by atomic mass is 9.93. The highest BCUT2D eigenvalue weighted by atomic mass is 16.7. The van der Waals surface area contributed by atoms with Gasteiger partial charge in [0.15, 0.2) is 11.5 Å². The van der Waals surface area contributed by atoms with Gasteiger partial charge in [-0.25, -0.2) is 4.79 Å². The molecule has 128 valence electrons. The molecule has 0 saturated heterocycles. The number of benzene rings is 2. The highest BCUT2D eigenvalue weighted by molar-refractivity contribution is 5.86. The molecule has 6 nitrogen and oxygen atoms in total. The summed E-state index contributed by atoms with van der Waals surface area (Å²) in [5, 5.41) is 9.55. The van der Waals surface area contributed by atoms with Gasteiger partial charge in [-0.1, -0.05) is 30.3 Å². The van der Waals surface area contributed by atoms with Crippen LogP contribution in [0.2, 0.25) is 0 Å². The van der Waals surface area contributed by atoms with E-state index in [0.717, 1.165) is 16.7 Å². The number of carboxylic acids is 1. The first-order valence-corrected chi connectivity index (χ1v) is 8.09. The maximum absolute atomic E-state index is 12.8. The third kappa shape index (κ3) is 2.91. The standard InChI is InChI=1S/C19H17NO5/c21-18(8-12-5-6-16-17(7-12)25-11-24-16)20-10-14-4-2-1-3-13(14)9-15(20)19(22)23/h1-7,15H,8-11H2,(H,22,23). The van der Waals surface area contributed by atoms with Gasteiger partial charge in [-0.15, -0.1) is 0 Å². The summed E-state index contributed by atoms with van der Waals surface area (Å²) in [5.74, 6) is 0.0879. The van der Waals surface area contributed by atoms with Crippen LogP contribution in [0.15, 0.2) is 42.5 Å². The number of fused-ring (bicyclic) bond motifs is 2. The first-order chi connectivity index (χ1) is 12.1. The Bertz CT molecular complexity index is 847. The molecule has 6 heteroatoms. The maximum atomic E-state index is 12.8. The van der Waals surface area contributed by atoms with Crippen molar-refractivity contribution in [2.45, 2.75) is 25.4 Å². The minimum absolute atomic E-state index is 0.128. The van der Waals surface area contributed by atoms with E-state index in [2.05, 4.69) is 0 Å². The number of ether oxygens (including phenoxy) is 2. The molecule has 0 radical (unpaired) electrons. The van der Waals surface area contributed by atoms with E-state index in [1.165, 1.54) is 4.90 Å². The van der Waals surface area contributed by atoms with Crippen molar-refractivity contribution in [1.29, 1.82) is 0 Å². The summed E-state index contributed by atoms with van der Waals surface area (Å²) in [7, 11) is 0. The van der Waals surface area contributed by atoms with Crippen molar-refractivity contribution >= 4 is 11.9 Å². The molecule has 0 spiro atoms. The lowest BCUT2D eigenvalue weighted by molar-refractivity contribution is -0.151. The first kappa shape index (κ1) is 15.5. The Balaban J connectivity index is 1.56. The molecule has 0 saturated carbocycles. The minimum atomic E-state index is -0.978. The van der Waals surface area contributed by atoms with Crippen LogP contribution in [-0.2, 0) is 29.0 Å². The molecule has 0 aromatic heterocycles. The number of carboxylic acid groups (broad SMARTS) is 1. The zero-order valence-electron chi connectivity index (χ0n) is 13.5. The topological polar surface area (TPSA) is 76.1 Å². The number of amides is 1. The molecule has 1 amide bonds. The summed E-state index contributed by atoms with van der Waals surface area (Å²) in [4.78, 5) is 25.9. The molecule has 1 unspecified atom stereocenters. The summed E-state index contributed by atoms with van der Waals surface area (Å²) in [6.07, 6.45) is 0.459. The van der Waals surface area contributed by atoms with Crippen LogP contribution in [0.25, 0.3) is 0 Å². The molecule has 2 aliphatic rings. The number of hydrogen-bond acceptors (Lipinski definition) is 4. The van der Waals surface area contributed by atoms with E-state index in [-0.39, 0.29) is 19.1 Å². The van der Waals surface area contributed by atoms with E-state index < -0.39 is 12.0 Å². The summed E-state index contributed by atoms with van der Waals surface area (Å²) in [6.45, 7) is 0.493. The van der Waals surface area contributed by atoms with E-state index in [1.807, 2.05) is 24.3 Å². The van der Waals surface area contributed by atoms with E-state index in [4.69, 9.17) is 9.47 Å². The van der Waals surface area contributed by atoms with Gasteiger partial charge in [-0.3, -0.25) is 4.79 Å². The van der Waals surface area contributed by atoms with Crippen molar-refractivity contribution in [3.8, 4) is 11.5 Å². The minimum Gasteiger partial charge on any atom is -0.480 e. The van der Waals surface area contributed by atoms with Gasteiger partial charge < -0.3 is 19.5 Å². The second-order valence-electron chi connectivity index (χ2n) is 6.21. The van der Waals surface area contributed by atoms with E-state index in [9.17, 15) is 14.7 Å². The van der Waals surface area contributed by atoms with Gasteiger partial charge in [-0.05, 0) is 28.8 Å². The lowest BCUT2D eigenvalue weighted by Gasteiger charge is -2.34. The number of carbonyl (C=O) groups is 2. The fourth-order valence-corrected chi connectivity index (χ4v) is 3.33. The number of rotatable bonds is 3. The molecule has 1 atom stereocenters. The Morgan fingerprint density at radius 3 is 2.64 bits per heavy atom. The van der Waals surface area contributed by atoms with Crippen LogP contribution in [0.5, 0.6) is 11.5 Å². The van der Waals surface area contributed by atoms with E-state index >= 15 is 0 Å². The Hall–Kier alpha value is -3.02. The largest absolute Gasteiger partial charge is 0.480 e. The molecular formula is C19H17NO5. The van der Waals surface area contributed by atoms with Crippen LogP contribution in [-0.4, -0.2) is 34.7 Å². The zero-order chi connectivity index (χ0) is 17.4. The van der Waals surface area contributed by atoms with Crippen LogP contribution < -0.4 is 9.47 Å². The molecule has 25 heavy (non-hydrogen) atoms. The fourth-order valence-electron chi connectivity index (χ4n) is 3.33. The van der Waals surface area contributed by atoms with Gasteiger partial charge in [0.25, 0.3) is 0 Å². The fraction of sp³-hybridized carbons (Fsp3) is 0.263. The number of aliphatic carboxylic acids is 1. The second-order valence-corrected chi connectivity index (χ2v) is 6.21. The highest BCUT2D eigenvalue weighted by Crippen LogP contribution is 2.33. The molecule has 2 aromatic rings. The van der Waals surface area contributed by atoms with Crippen molar-refractivity contribution in [2.75, 3.05) is 6.79 Å². The quantitative estimate of drug-likeness (QED) is 0.926. The monoisotopic (exact) mass is 339 g/mol. The summed E-state index contributed by atoms with van der Waals surface area (Å²) in [6, 6.07) is 12.2. The molecule has 2 aliphatic heterocycles. The van der Waals surface area contributed by atoms with Crippen molar-refractivity contribution in [2.24, 2.45) is 0 Å². The van der Waals surface area contributed by atoms with Gasteiger partial charge in [0.05, 0.1) is 6.42 Å². The third-order valence-corrected chi connectivity index (χ3v) is 4.65. The summed E-state index contributed by atoms with van der Waals surface area (Å²) >= 11 is 0. The molecule has 1 N–H and O–H groups in total. The number of hydrogen-bond donors (Lipinski definition) is 1. The first-order valence-electron chi connectivity index (χ1n) is 8.09. The predicted octanol–water partition coefficient (Wildman–Crippen LogP) is 2.00. The third-order valence-electron chi connectivity index (χ3n) is 4.65. The van der Waals surface area contributed by atoms with Crippen LogP contribution in [0.3, 0.4) is 0 Å².